The number of rotatable bonds is 6. The molecule has 2 aromatic heterocycles. The van der Waals surface area contributed by atoms with Crippen molar-refractivity contribution in [1.82, 2.24) is 23.6 Å². The molecule has 29 heavy (non-hydrogen) atoms. The van der Waals surface area contributed by atoms with Crippen molar-refractivity contribution in [3.8, 4) is 0 Å². The van der Waals surface area contributed by atoms with E-state index < -0.39 is 11.2 Å². The number of halogens is 1. The predicted molar refractivity (Wildman–Crippen MR) is 105 cm³/mol. The molecule has 0 radical (unpaired) electrons. The van der Waals surface area contributed by atoms with Crippen molar-refractivity contribution in [2.24, 2.45) is 14.1 Å². The molecule has 0 unspecified atom stereocenters. The summed E-state index contributed by atoms with van der Waals surface area (Å²) in [4.78, 5) is 43.4. The first kappa shape index (κ1) is 19.1. The predicted octanol–water partition coefficient (Wildman–Crippen LogP) is 1.15. The van der Waals surface area contributed by atoms with Crippen molar-refractivity contribution >= 4 is 17.1 Å². The van der Waals surface area contributed by atoms with Crippen molar-refractivity contribution in [2.75, 3.05) is 0 Å². The maximum atomic E-state index is 13.1. The highest BCUT2D eigenvalue weighted by atomic mass is 19.1. The molecule has 9 heteroatoms. The van der Waals surface area contributed by atoms with Gasteiger partial charge in [0.15, 0.2) is 11.2 Å². The Morgan fingerprint density at radius 2 is 1.86 bits per heavy atom. The van der Waals surface area contributed by atoms with E-state index in [9.17, 15) is 18.8 Å². The zero-order valence-corrected chi connectivity index (χ0v) is 16.3. The second-order valence-electron chi connectivity index (χ2n) is 7.45. The molecule has 4 rings (SSSR count). The number of aryl methyl sites for hydroxylation is 2. The number of amides is 1. The second kappa shape index (κ2) is 7.31. The number of carbonyl (C=O) groups excluding carboxylic acids is 1. The number of hydrogen-bond donors (Lipinski definition) is 0. The normalized spacial score (nSPS) is 13.8. The van der Waals surface area contributed by atoms with Crippen LogP contribution in [0.4, 0.5) is 4.39 Å². The molecule has 1 saturated carbocycles. The molecule has 1 amide bonds. The minimum atomic E-state index is -0.442. The standard InChI is InChI=1S/C20H22FN5O3/c1-23-18-17(19(28)24(2)20(23)29)25(12-22-18)10-9-16(27)26(15-7-8-15)11-13-3-5-14(21)6-4-13/h3-6,12,15H,7-11H2,1-2H3. The number of benzene rings is 1. The number of fused-ring (bicyclic) bond motifs is 1. The van der Waals surface area contributed by atoms with Gasteiger partial charge < -0.3 is 9.47 Å². The third-order valence-electron chi connectivity index (χ3n) is 5.36. The van der Waals surface area contributed by atoms with E-state index in [0.29, 0.717) is 17.7 Å². The van der Waals surface area contributed by atoms with Crippen LogP contribution in [0.25, 0.3) is 11.2 Å². The quantitative estimate of drug-likeness (QED) is 0.623. The lowest BCUT2D eigenvalue weighted by Crippen LogP contribution is -2.37. The van der Waals surface area contributed by atoms with E-state index in [1.54, 1.807) is 23.7 Å². The summed E-state index contributed by atoms with van der Waals surface area (Å²) in [6, 6.07) is 6.36. The average molecular weight is 399 g/mol. The fraction of sp³-hybridized carbons (Fsp3) is 0.400. The van der Waals surface area contributed by atoms with E-state index in [0.717, 1.165) is 23.0 Å². The van der Waals surface area contributed by atoms with Crippen molar-refractivity contribution < 1.29 is 9.18 Å². The van der Waals surface area contributed by atoms with Crippen LogP contribution in [0.3, 0.4) is 0 Å². The molecule has 0 N–H and O–H groups in total. The van der Waals surface area contributed by atoms with Gasteiger partial charge in [0.1, 0.15) is 5.82 Å². The molecule has 2 heterocycles. The molecule has 8 nitrogen and oxygen atoms in total. The molecule has 0 bridgehead atoms. The second-order valence-corrected chi connectivity index (χ2v) is 7.45. The van der Waals surface area contributed by atoms with Crippen molar-refractivity contribution in [1.29, 1.82) is 0 Å². The fourth-order valence-corrected chi connectivity index (χ4v) is 3.52. The van der Waals surface area contributed by atoms with Crippen molar-refractivity contribution in [3.05, 3.63) is 62.8 Å². The zero-order valence-electron chi connectivity index (χ0n) is 16.3. The van der Waals surface area contributed by atoms with Crippen LogP contribution in [0.2, 0.25) is 0 Å². The maximum Gasteiger partial charge on any atom is 0.332 e. The number of nitrogens with zero attached hydrogens (tertiary/aromatic N) is 5. The summed E-state index contributed by atoms with van der Waals surface area (Å²) >= 11 is 0. The first-order valence-electron chi connectivity index (χ1n) is 9.51. The van der Waals surface area contributed by atoms with Gasteiger partial charge in [-0.15, -0.1) is 0 Å². The highest BCUT2D eigenvalue weighted by Crippen LogP contribution is 2.29. The molecule has 1 fully saturated rings. The fourth-order valence-electron chi connectivity index (χ4n) is 3.52. The molecular formula is C20H22FN5O3. The number of carbonyl (C=O) groups is 1. The summed E-state index contributed by atoms with van der Waals surface area (Å²) in [6.07, 6.45) is 3.61. The highest BCUT2D eigenvalue weighted by molar-refractivity contribution is 5.77. The van der Waals surface area contributed by atoms with Crippen LogP contribution in [0, 0.1) is 5.82 Å². The van der Waals surface area contributed by atoms with Crippen molar-refractivity contribution in [3.63, 3.8) is 0 Å². The van der Waals surface area contributed by atoms with Gasteiger partial charge in [-0.1, -0.05) is 12.1 Å². The Morgan fingerprint density at radius 1 is 1.17 bits per heavy atom. The van der Waals surface area contributed by atoms with Gasteiger partial charge in [-0.05, 0) is 30.5 Å². The number of imidazole rings is 1. The van der Waals surface area contributed by atoms with E-state index in [2.05, 4.69) is 4.98 Å². The van der Waals surface area contributed by atoms with E-state index in [4.69, 9.17) is 0 Å². The smallest absolute Gasteiger partial charge is 0.332 e. The highest BCUT2D eigenvalue weighted by Gasteiger charge is 2.32. The van der Waals surface area contributed by atoms with Gasteiger partial charge in [0.2, 0.25) is 5.91 Å². The third-order valence-corrected chi connectivity index (χ3v) is 5.36. The van der Waals surface area contributed by atoms with Crippen LogP contribution >= 0.6 is 0 Å². The Kier molecular flexibility index (Phi) is 4.81. The Bertz CT molecular complexity index is 1190. The molecule has 1 aliphatic rings. The Labute approximate surface area is 165 Å². The van der Waals surface area contributed by atoms with E-state index in [1.807, 2.05) is 4.90 Å². The lowest BCUT2D eigenvalue weighted by Gasteiger charge is -2.23. The van der Waals surface area contributed by atoms with Crippen molar-refractivity contribution in [2.45, 2.75) is 38.4 Å². The molecule has 1 aliphatic carbocycles. The van der Waals surface area contributed by atoms with E-state index >= 15 is 0 Å². The molecule has 152 valence electrons. The average Bonchev–Trinajstić information content (AvgIpc) is 3.46. The molecule has 3 aromatic rings. The van der Waals surface area contributed by atoms with Gasteiger partial charge in [0, 0.05) is 39.6 Å². The topological polar surface area (TPSA) is 82.1 Å². The largest absolute Gasteiger partial charge is 0.335 e. The van der Waals surface area contributed by atoms with Crippen LogP contribution in [0.1, 0.15) is 24.8 Å². The zero-order chi connectivity index (χ0) is 20.7. The van der Waals surface area contributed by atoms with Gasteiger partial charge in [0.25, 0.3) is 5.56 Å². The molecule has 1 aromatic carbocycles. The number of aromatic nitrogens is 4. The molecule has 0 aliphatic heterocycles. The minimum Gasteiger partial charge on any atom is -0.335 e. The van der Waals surface area contributed by atoms with Gasteiger partial charge in [-0.3, -0.25) is 18.7 Å². The summed E-state index contributed by atoms with van der Waals surface area (Å²) in [5.74, 6) is -0.332. The van der Waals surface area contributed by atoms with Crippen LogP contribution in [0.15, 0.2) is 40.2 Å². The maximum absolute atomic E-state index is 13.1. The Morgan fingerprint density at radius 3 is 2.52 bits per heavy atom. The molecule has 0 saturated heterocycles. The lowest BCUT2D eigenvalue weighted by atomic mass is 10.2. The monoisotopic (exact) mass is 399 g/mol. The summed E-state index contributed by atoms with van der Waals surface area (Å²) in [6.45, 7) is 0.722. The summed E-state index contributed by atoms with van der Waals surface area (Å²) in [5.41, 5.74) is 0.611. The SMILES string of the molecule is Cn1c(=O)c2c(ncn2CCC(=O)N(Cc2ccc(F)cc2)C2CC2)n(C)c1=O. The lowest BCUT2D eigenvalue weighted by molar-refractivity contribution is -0.132. The van der Waals surface area contributed by atoms with Gasteiger partial charge in [-0.2, -0.15) is 0 Å². The molecular weight excluding hydrogens is 377 g/mol. The van der Waals surface area contributed by atoms with Gasteiger partial charge >= 0.3 is 5.69 Å². The minimum absolute atomic E-state index is 0.0275. The van der Waals surface area contributed by atoms with Crippen LogP contribution < -0.4 is 11.2 Å². The number of hydrogen-bond acceptors (Lipinski definition) is 4. The van der Waals surface area contributed by atoms with Crippen LogP contribution in [0.5, 0.6) is 0 Å². The van der Waals surface area contributed by atoms with E-state index in [1.165, 1.54) is 30.1 Å². The van der Waals surface area contributed by atoms with Crippen LogP contribution in [-0.4, -0.2) is 35.5 Å². The first-order chi connectivity index (χ1) is 13.9. The Balaban J connectivity index is 1.53. The first-order valence-corrected chi connectivity index (χ1v) is 9.51. The summed E-state index contributed by atoms with van der Waals surface area (Å²) in [5, 5.41) is 0. The van der Waals surface area contributed by atoms with Gasteiger partial charge in [-0.25, -0.2) is 14.2 Å². The van der Waals surface area contributed by atoms with Gasteiger partial charge in [0.05, 0.1) is 6.33 Å². The van der Waals surface area contributed by atoms with E-state index in [-0.39, 0.29) is 30.7 Å². The third kappa shape index (κ3) is 3.59. The molecule has 0 spiro atoms. The summed E-state index contributed by atoms with van der Waals surface area (Å²) in [7, 11) is 2.98. The molecule has 0 atom stereocenters. The summed E-state index contributed by atoms with van der Waals surface area (Å²) < 4.78 is 17.1. The van der Waals surface area contributed by atoms with Crippen LogP contribution in [-0.2, 0) is 32.0 Å². The Hall–Kier alpha value is -3.23.